The molecule has 1 saturated carbocycles. The van der Waals surface area contributed by atoms with Gasteiger partial charge in [-0.3, -0.25) is 9.59 Å². The number of rotatable bonds is 5. The number of Topliss-reactive ketones (excluding diaryl/α,β-unsaturated/α-hetero) is 1. The molecule has 4 rings (SSSR count). The minimum absolute atomic E-state index is 0.0854. The van der Waals surface area contributed by atoms with Crippen LogP contribution in [0.4, 0.5) is 5.82 Å². The zero-order valence-corrected chi connectivity index (χ0v) is 16.9. The van der Waals surface area contributed by atoms with Gasteiger partial charge in [-0.2, -0.15) is 0 Å². The maximum absolute atomic E-state index is 12.8. The Labute approximate surface area is 166 Å². The van der Waals surface area contributed by atoms with Crippen LogP contribution >= 0.6 is 0 Å². The summed E-state index contributed by atoms with van der Waals surface area (Å²) in [6.45, 7) is 7.03. The van der Waals surface area contributed by atoms with Crippen LogP contribution in [0.3, 0.4) is 0 Å². The first-order chi connectivity index (χ1) is 13.5. The molecule has 1 aromatic heterocycles. The first-order valence-corrected chi connectivity index (χ1v) is 10.2. The smallest absolute Gasteiger partial charge is 0.270 e. The van der Waals surface area contributed by atoms with Crippen LogP contribution in [0.25, 0.3) is 0 Å². The summed E-state index contributed by atoms with van der Waals surface area (Å²) in [5, 5.41) is 2.89. The lowest BCUT2D eigenvalue weighted by Gasteiger charge is -2.27. The van der Waals surface area contributed by atoms with Gasteiger partial charge in [0.2, 0.25) is 0 Å². The fourth-order valence-electron chi connectivity index (χ4n) is 4.56. The van der Waals surface area contributed by atoms with Gasteiger partial charge < -0.3 is 10.2 Å². The van der Waals surface area contributed by atoms with E-state index in [-0.39, 0.29) is 18.2 Å². The van der Waals surface area contributed by atoms with E-state index in [0.29, 0.717) is 23.7 Å². The number of carbonyl (C=O) groups excluding carboxylic acids is 2. The predicted molar refractivity (Wildman–Crippen MR) is 108 cm³/mol. The molecule has 2 heterocycles. The fraction of sp³-hybridized carbons (Fsp3) is 0.545. The molecule has 2 aliphatic carbocycles. The maximum atomic E-state index is 12.8. The summed E-state index contributed by atoms with van der Waals surface area (Å²) in [4.78, 5) is 36.2. The minimum atomic E-state index is -0.248. The Morgan fingerprint density at radius 3 is 2.71 bits per heavy atom. The van der Waals surface area contributed by atoms with E-state index in [2.05, 4.69) is 20.2 Å². The van der Waals surface area contributed by atoms with E-state index in [1.807, 2.05) is 26.8 Å². The van der Waals surface area contributed by atoms with Gasteiger partial charge in [-0.05, 0) is 57.9 Å². The Balaban J connectivity index is 1.51. The molecule has 6 heteroatoms. The third kappa shape index (κ3) is 3.60. The summed E-state index contributed by atoms with van der Waals surface area (Å²) in [5.74, 6) is 1.50. The number of hydrogen-bond donors (Lipinski definition) is 1. The van der Waals surface area contributed by atoms with E-state index in [9.17, 15) is 9.59 Å². The molecule has 1 atom stereocenters. The molecule has 3 aliphatic rings. The summed E-state index contributed by atoms with van der Waals surface area (Å²) < 4.78 is 0. The molecule has 0 bridgehead atoms. The van der Waals surface area contributed by atoms with Gasteiger partial charge in [0, 0.05) is 36.7 Å². The van der Waals surface area contributed by atoms with Gasteiger partial charge in [0.05, 0.1) is 0 Å². The summed E-state index contributed by atoms with van der Waals surface area (Å²) >= 11 is 0. The molecule has 2 fully saturated rings. The van der Waals surface area contributed by atoms with E-state index >= 15 is 0 Å². The van der Waals surface area contributed by atoms with Crippen LogP contribution in [0.2, 0.25) is 0 Å². The van der Waals surface area contributed by atoms with Gasteiger partial charge >= 0.3 is 0 Å². The van der Waals surface area contributed by atoms with Crippen LogP contribution in [0.5, 0.6) is 0 Å². The third-order valence-corrected chi connectivity index (χ3v) is 6.15. The normalized spacial score (nSPS) is 22.5. The van der Waals surface area contributed by atoms with Gasteiger partial charge in [-0.1, -0.05) is 11.6 Å². The Hall–Kier alpha value is -2.50. The van der Waals surface area contributed by atoms with Gasteiger partial charge in [-0.15, -0.1) is 0 Å². The zero-order chi connectivity index (χ0) is 19.8. The number of hydrogen-bond acceptors (Lipinski definition) is 5. The lowest BCUT2D eigenvalue weighted by atomic mass is 9.92. The van der Waals surface area contributed by atoms with Crippen molar-refractivity contribution in [3.63, 3.8) is 0 Å². The van der Waals surface area contributed by atoms with Crippen molar-refractivity contribution in [2.24, 2.45) is 5.92 Å². The lowest BCUT2D eigenvalue weighted by molar-refractivity contribution is -0.115. The molecule has 0 aromatic carbocycles. The molecule has 1 aromatic rings. The number of aromatic nitrogens is 2. The van der Waals surface area contributed by atoms with Crippen LogP contribution in [0, 0.1) is 12.8 Å². The average Bonchev–Trinajstić information content (AvgIpc) is 3.38. The highest BCUT2D eigenvalue weighted by atomic mass is 16.2. The largest absolute Gasteiger partial charge is 0.353 e. The molecular weight excluding hydrogens is 352 g/mol. The SMILES string of the molecule is CC1=CC(C)=C(CNC(=O)c2ncnc(N3CCCC3C3CC3)c2C)C(=O)C1. The van der Waals surface area contributed by atoms with Crippen molar-refractivity contribution >= 4 is 17.5 Å². The Bertz CT molecular complexity index is 883. The quantitative estimate of drug-likeness (QED) is 0.849. The minimum Gasteiger partial charge on any atom is -0.353 e. The lowest BCUT2D eigenvalue weighted by Crippen LogP contribution is -2.34. The molecule has 1 saturated heterocycles. The highest BCUT2D eigenvalue weighted by molar-refractivity contribution is 6.01. The van der Waals surface area contributed by atoms with Gasteiger partial charge in [0.1, 0.15) is 17.8 Å². The van der Waals surface area contributed by atoms with Crippen LogP contribution in [-0.2, 0) is 4.79 Å². The first-order valence-electron chi connectivity index (χ1n) is 10.2. The van der Waals surface area contributed by atoms with Crippen molar-refractivity contribution in [3.05, 3.63) is 40.4 Å². The van der Waals surface area contributed by atoms with Crippen LogP contribution in [-0.4, -0.2) is 40.8 Å². The number of allylic oxidation sites excluding steroid dienone is 3. The molecule has 28 heavy (non-hydrogen) atoms. The molecule has 1 aliphatic heterocycles. The molecule has 148 valence electrons. The summed E-state index contributed by atoms with van der Waals surface area (Å²) in [6, 6.07) is 0.548. The van der Waals surface area contributed by atoms with E-state index in [4.69, 9.17) is 0 Å². The van der Waals surface area contributed by atoms with E-state index in [0.717, 1.165) is 35.0 Å². The summed E-state index contributed by atoms with van der Waals surface area (Å²) in [5.41, 5.74) is 3.89. The molecule has 1 N–H and O–H groups in total. The second-order valence-corrected chi connectivity index (χ2v) is 8.35. The third-order valence-electron chi connectivity index (χ3n) is 6.15. The number of anilines is 1. The molecular formula is C22H28N4O2. The average molecular weight is 380 g/mol. The van der Waals surface area contributed by atoms with Crippen molar-refractivity contribution < 1.29 is 9.59 Å². The Kier molecular flexibility index (Phi) is 5.04. The number of carbonyl (C=O) groups is 2. The topological polar surface area (TPSA) is 75.2 Å². The van der Waals surface area contributed by atoms with Crippen LogP contribution in [0.1, 0.15) is 62.0 Å². The molecule has 6 nitrogen and oxygen atoms in total. The fourth-order valence-corrected chi connectivity index (χ4v) is 4.56. The van der Waals surface area contributed by atoms with E-state index in [1.165, 1.54) is 32.0 Å². The molecule has 1 amide bonds. The first kappa shape index (κ1) is 18.8. The highest BCUT2D eigenvalue weighted by Crippen LogP contribution is 2.42. The number of nitrogens with one attached hydrogen (secondary N) is 1. The Morgan fingerprint density at radius 2 is 2.00 bits per heavy atom. The van der Waals surface area contributed by atoms with Gasteiger partial charge in [-0.25, -0.2) is 9.97 Å². The van der Waals surface area contributed by atoms with E-state index < -0.39 is 0 Å². The second-order valence-electron chi connectivity index (χ2n) is 8.35. The van der Waals surface area contributed by atoms with Crippen molar-refractivity contribution in [1.29, 1.82) is 0 Å². The highest BCUT2D eigenvalue weighted by Gasteiger charge is 2.39. The molecule has 0 spiro atoms. The van der Waals surface area contributed by atoms with Crippen molar-refractivity contribution in [1.82, 2.24) is 15.3 Å². The Morgan fingerprint density at radius 1 is 1.21 bits per heavy atom. The zero-order valence-electron chi connectivity index (χ0n) is 16.9. The van der Waals surface area contributed by atoms with Crippen LogP contribution < -0.4 is 10.2 Å². The van der Waals surface area contributed by atoms with Crippen LogP contribution in [0.15, 0.2) is 29.1 Å². The monoisotopic (exact) mass is 380 g/mol. The van der Waals surface area contributed by atoms with E-state index in [1.54, 1.807) is 0 Å². The van der Waals surface area contributed by atoms with Gasteiger partial charge in [0.15, 0.2) is 5.78 Å². The van der Waals surface area contributed by atoms with Crippen molar-refractivity contribution in [2.45, 2.75) is 58.9 Å². The summed E-state index contributed by atoms with van der Waals surface area (Å²) in [6.07, 6.45) is 8.91. The van der Waals surface area contributed by atoms with Gasteiger partial charge in [0.25, 0.3) is 5.91 Å². The number of nitrogens with zero attached hydrogens (tertiary/aromatic N) is 3. The number of ketones is 1. The standard InChI is InChI=1S/C22H28N4O2/c1-13-9-14(2)17(19(27)10-13)11-23-22(28)20-15(3)21(25-12-24-20)26-8-4-5-18(26)16-6-7-16/h9,12,16,18H,4-8,10-11H2,1-3H3,(H,23,28). The number of amides is 1. The maximum Gasteiger partial charge on any atom is 0.270 e. The summed E-state index contributed by atoms with van der Waals surface area (Å²) in [7, 11) is 0. The predicted octanol–water partition coefficient (Wildman–Crippen LogP) is 3.13. The van der Waals surface area contributed by atoms with Crippen molar-refractivity contribution in [3.8, 4) is 0 Å². The molecule has 0 radical (unpaired) electrons. The second kappa shape index (κ2) is 7.49. The van der Waals surface area contributed by atoms with Crippen molar-refractivity contribution in [2.75, 3.05) is 18.0 Å². The molecule has 1 unspecified atom stereocenters.